The van der Waals surface area contributed by atoms with Gasteiger partial charge in [0, 0.05) is 13.1 Å². The Morgan fingerprint density at radius 3 is 2.59 bits per heavy atom. The molecule has 0 aliphatic heterocycles. The van der Waals surface area contributed by atoms with Crippen molar-refractivity contribution in [1.29, 1.82) is 0 Å². The van der Waals surface area contributed by atoms with Gasteiger partial charge in [-0.3, -0.25) is 4.79 Å². The number of hydrogen-bond acceptors (Lipinski definition) is 4. The number of rotatable bonds is 4. The number of halogens is 1. The van der Waals surface area contributed by atoms with Gasteiger partial charge in [0.15, 0.2) is 0 Å². The van der Waals surface area contributed by atoms with Crippen LogP contribution in [0.25, 0.3) is 0 Å². The molecule has 5 nitrogen and oxygen atoms in total. The summed E-state index contributed by atoms with van der Waals surface area (Å²) in [6.07, 6.45) is 0. The fraction of sp³-hybridized carbons (Fsp3) is 0.636. The molecule has 0 saturated carbocycles. The largest absolute Gasteiger partial charge is 0.361 e. The summed E-state index contributed by atoms with van der Waals surface area (Å²) in [6.45, 7) is 6.10. The maximum absolute atomic E-state index is 11.8. The summed E-state index contributed by atoms with van der Waals surface area (Å²) in [5.41, 5.74) is 6.52. The van der Waals surface area contributed by atoms with E-state index in [9.17, 15) is 4.79 Å². The Kier molecular flexibility index (Phi) is 6.20. The van der Waals surface area contributed by atoms with Crippen LogP contribution in [0.3, 0.4) is 0 Å². The number of likely N-dealkylation sites (N-methyl/N-ethyl adjacent to an activating group) is 1. The van der Waals surface area contributed by atoms with Gasteiger partial charge in [0.2, 0.25) is 5.91 Å². The molecule has 0 unspecified atom stereocenters. The molecule has 0 bridgehead atoms. The first kappa shape index (κ1) is 15.9. The highest BCUT2D eigenvalue weighted by Crippen LogP contribution is 2.07. The number of carbonyl (C=O) groups excluding carboxylic acids is 1. The number of nitrogens with two attached hydrogens (primary N) is 1. The molecule has 17 heavy (non-hydrogen) atoms. The van der Waals surface area contributed by atoms with Crippen molar-refractivity contribution in [3.05, 3.63) is 17.5 Å². The molecular formula is C11H20ClN3O2. The Balaban J connectivity index is 0.00000256. The zero-order chi connectivity index (χ0) is 12.3. The zero-order valence-corrected chi connectivity index (χ0v) is 11.5. The van der Waals surface area contributed by atoms with E-state index in [1.54, 1.807) is 11.9 Å². The minimum absolute atomic E-state index is 0. The normalized spacial score (nSPS) is 12.1. The van der Waals surface area contributed by atoms with Gasteiger partial charge in [0.25, 0.3) is 0 Å². The SMILES string of the molecule is Cc1cc(CN(C)C(=O)[C@@H](N)C(C)C)no1.Cl. The molecule has 1 atom stereocenters. The number of nitrogens with zero attached hydrogens (tertiary/aromatic N) is 2. The summed E-state index contributed by atoms with van der Waals surface area (Å²) in [4.78, 5) is 13.4. The van der Waals surface area contributed by atoms with Crippen LogP contribution < -0.4 is 5.73 Å². The van der Waals surface area contributed by atoms with Crippen LogP contribution in [0, 0.1) is 12.8 Å². The second-order valence-corrected chi connectivity index (χ2v) is 4.39. The molecular weight excluding hydrogens is 242 g/mol. The summed E-state index contributed by atoms with van der Waals surface area (Å²) in [5, 5.41) is 3.83. The molecule has 1 aromatic rings. The average molecular weight is 262 g/mol. The minimum atomic E-state index is -0.460. The van der Waals surface area contributed by atoms with Gasteiger partial charge in [-0.1, -0.05) is 19.0 Å². The molecule has 0 radical (unpaired) electrons. The van der Waals surface area contributed by atoms with Crippen LogP contribution in [0.15, 0.2) is 10.6 Å². The van der Waals surface area contributed by atoms with Crippen LogP contribution >= 0.6 is 12.4 Å². The molecule has 1 rings (SSSR count). The summed E-state index contributed by atoms with van der Waals surface area (Å²) < 4.78 is 4.93. The van der Waals surface area contributed by atoms with E-state index >= 15 is 0 Å². The van der Waals surface area contributed by atoms with Crippen molar-refractivity contribution in [2.24, 2.45) is 11.7 Å². The number of hydrogen-bond donors (Lipinski definition) is 1. The average Bonchev–Trinajstić information content (AvgIpc) is 2.61. The van der Waals surface area contributed by atoms with E-state index in [1.807, 2.05) is 26.8 Å². The van der Waals surface area contributed by atoms with Crippen molar-refractivity contribution in [2.75, 3.05) is 7.05 Å². The molecule has 98 valence electrons. The molecule has 1 aromatic heterocycles. The highest BCUT2D eigenvalue weighted by molar-refractivity contribution is 5.85. The smallest absolute Gasteiger partial charge is 0.239 e. The third kappa shape index (κ3) is 4.36. The van der Waals surface area contributed by atoms with E-state index < -0.39 is 6.04 Å². The first-order chi connectivity index (χ1) is 7.41. The molecule has 6 heteroatoms. The summed E-state index contributed by atoms with van der Waals surface area (Å²) in [7, 11) is 1.72. The molecule has 1 heterocycles. The maximum Gasteiger partial charge on any atom is 0.239 e. The summed E-state index contributed by atoms with van der Waals surface area (Å²) in [6, 6.07) is 1.35. The molecule has 0 fully saturated rings. The van der Waals surface area contributed by atoms with Crippen molar-refractivity contribution in [3.63, 3.8) is 0 Å². The van der Waals surface area contributed by atoms with Crippen molar-refractivity contribution >= 4 is 18.3 Å². The van der Waals surface area contributed by atoms with E-state index in [0.717, 1.165) is 11.5 Å². The predicted octanol–water partition coefficient (Wildman–Crippen LogP) is 1.35. The molecule has 0 aliphatic carbocycles. The molecule has 0 aliphatic rings. The zero-order valence-electron chi connectivity index (χ0n) is 10.6. The quantitative estimate of drug-likeness (QED) is 0.888. The van der Waals surface area contributed by atoms with Crippen molar-refractivity contribution in [3.8, 4) is 0 Å². The second-order valence-electron chi connectivity index (χ2n) is 4.39. The third-order valence-electron chi connectivity index (χ3n) is 2.46. The molecule has 0 spiro atoms. The second kappa shape index (κ2) is 6.61. The Hall–Kier alpha value is -1.07. The fourth-order valence-electron chi connectivity index (χ4n) is 1.35. The molecule has 1 amide bonds. The lowest BCUT2D eigenvalue weighted by atomic mass is 10.0. The fourth-order valence-corrected chi connectivity index (χ4v) is 1.35. The van der Waals surface area contributed by atoms with Gasteiger partial charge in [-0.2, -0.15) is 0 Å². The van der Waals surface area contributed by atoms with Crippen molar-refractivity contribution in [2.45, 2.75) is 33.4 Å². The highest BCUT2D eigenvalue weighted by atomic mass is 35.5. The topological polar surface area (TPSA) is 72.4 Å². The van der Waals surface area contributed by atoms with Crippen molar-refractivity contribution < 1.29 is 9.32 Å². The van der Waals surface area contributed by atoms with Gasteiger partial charge in [-0.15, -0.1) is 12.4 Å². The van der Waals surface area contributed by atoms with Gasteiger partial charge in [-0.05, 0) is 12.8 Å². The standard InChI is InChI=1S/C11H19N3O2.ClH/c1-7(2)10(12)11(15)14(4)6-9-5-8(3)16-13-9;/h5,7,10H,6,12H2,1-4H3;1H/t10-;/m0./s1. The maximum atomic E-state index is 11.8. The number of aromatic nitrogens is 1. The van der Waals surface area contributed by atoms with Gasteiger partial charge in [-0.25, -0.2) is 0 Å². The number of aryl methyl sites for hydroxylation is 1. The van der Waals surface area contributed by atoms with Crippen LogP contribution in [0.1, 0.15) is 25.3 Å². The lowest BCUT2D eigenvalue weighted by Crippen LogP contribution is -2.44. The van der Waals surface area contributed by atoms with Crippen LogP contribution in [-0.4, -0.2) is 29.1 Å². The molecule has 0 aromatic carbocycles. The number of carbonyl (C=O) groups is 1. The highest BCUT2D eigenvalue weighted by Gasteiger charge is 2.21. The van der Waals surface area contributed by atoms with Crippen molar-refractivity contribution in [1.82, 2.24) is 10.1 Å². The van der Waals surface area contributed by atoms with E-state index in [0.29, 0.717) is 6.54 Å². The van der Waals surface area contributed by atoms with E-state index in [4.69, 9.17) is 10.3 Å². The van der Waals surface area contributed by atoms with Crippen LogP contribution in [0.2, 0.25) is 0 Å². The Bertz CT molecular complexity index is 365. The lowest BCUT2D eigenvalue weighted by Gasteiger charge is -2.22. The first-order valence-corrected chi connectivity index (χ1v) is 5.34. The third-order valence-corrected chi connectivity index (χ3v) is 2.46. The van der Waals surface area contributed by atoms with Crippen LogP contribution in [0.4, 0.5) is 0 Å². The van der Waals surface area contributed by atoms with Gasteiger partial charge in [0.1, 0.15) is 11.5 Å². The molecule has 2 N–H and O–H groups in total. The molecule has 0 saturated heterocycles. The van der Waals surface area contributed by atoms with Gasteiger partial charge in [0.05, 0.1) is 12.6 Å². The lowest BCUT2D eigenvalue weighted by molar-refractivity contribution is -0.132. The predicted molar refractivity (Wildman–Crippen MR) is 67.8 cm³/mol. The number of amides is 1. The minimum Gasteiger partial charge on any atom is -0.361 e. The monoisotopic (exact) mass is 261 g/mol. The van der Waals surface area contributed by atoms with Crippen LogP contribution in [0.5, 0.6) is 0 Å². The summed E-state index contributed by atoms with van der Waals surface area (Å²) in [5.74, 6) is 0.800. The Morgan fingerprint density at radius 1 is 1.59 bits per heavy atom. The Morgan fingerprint density at radius 2 is 2.18 bits per heavy atom. The van der Waals surface area contributed by atoms with E-state index in [1.165, 1.54) is 0 Å². The van der Waals surface area contributed by atoms with Gasteiger partial charge >= 0.3 is 0 Å². The van der Waals surface area contributed by atoms with Crippen LogP contribution in [-0.2, 0) is 11.3 Å². The van der Waals surface area contributed by atoms with Gasteiger partial charge < -0.3 is 15.2 Å². The van der Waals surface area contributed by atoms with E-state index in [-0.39, 0.29) is 24.2 Å². The summed E-state index contributed by atoms with van der Waals surface area (Å²) >= 11 is 0. The van der Waals surface area contributed by atoms with E-state index in [2.05, 4.69) is 5.16 Å². The first-order valence-electron chi connectivity index (χ1n) is 5.34. The Labute approximate surface area is 108 Å².